The lowest BCUT2D eigenvalue weighted by molar-refractivity contribution is 0.632. The van der Waals surface area contributed by atoms with E-state index in [-0.39, 0.29) is 5.56 Å². The summed E-state index contributed by atoms with van der Waals surface area (Å²) in [7, 11) is 3.61. The van der Waals surface area contributed by atoms with E-state index in [1.165, 1.54) is 11.8 Å². The lowest BCUT2D eigenvalue weighted by atomic mass is 10.2. The second-order valence-electron chi connectivity index (χ2n) is 4.28. The van der Waals surface area contributed by atoms with Crippen molar-refractivity contribution in [3.8, 4) is 0 Å². The van der Waals surface area contributed by atoms with Gasteiger partial charge in [-0.25, -0.2) is 4.98 Å². The lowest BCUT2D eigenvalue weighted by Crippen LogP contribution is -2.18. The number of halogens is 2. The van der Waals surface area contributed by atoms with Crippen LogP contribution in [0.25, 0.3) is 10.9 Å². The number of thioether (sulfide) groups is 1. The fourth-order valence-corrected chi connectivity index (χ4v) is 3.53. The van der Waals surface area contributed by atoms with Crippen molar-refractivity contribution in [2.75, 3.05) is 14.1 Å². The summed E-state index contributed by atoms with van der Waals surface area (Å²) in [5, 5.41) is 8.68. The predicted molar refractivity (Wildman–Crippen MR) is 90.5 cm³/mol. The van der Waals surface area contributed by atoms with E-state index >= 15 is 0 Å². The van der Waals surface area contributed by atoms with Crippen molar-refractivity contribution in [2.45, 2.75) is 5.75 Å². The summed E-state index contributed by atoms with van der Waals surface area (Å²) >= 11 is 8.09. The minimum atomic E-state index is -0.177. The van der Waals surface area contributed by atoms with E-state index in [2.05, 4.69) is 41.8 Å². The van der Waals surface area contributed by atoms with Crippen LogP contribution in [0.2, 0.25) is 0 Å². The molecule has 2 N–H and O–H groups in total. The Balaban J connectivity index is 2.38. The SMILES string of the molecule is CN(C)C(=N)SCc1nc2c(Br)cc(Br)cc2c(=O)[nH]1. The lowest BCUT2D eigenvalue weighted by Gasteiger charge is -2.12. The van der Waals surface area contributed by atoms with Crippen LogP contribution in [-0.2, 0) is 5.75 Å². The van der Waals surface area contributed by atoms with Crippen LogP contribution in [0.5, 0.6) is 0 Å². The topological polar surface area (TPSA) is 72.8 Å². The zero-order chi connectivity index (χ0) is 14.9. The highest BCUT2D eigenvalue weighted by Crippen LogP contribution is 2.25. The number of aromatic nitrogens is 2. The maximum absolute atomic E-state index is 12.1. The molecule has 0 atom stereocenters. The average Bonchev–Trinajstić information content (AvgIpc) is 2.37. The molecule has 0 radical (unpaired) electrons. The molecule has 0 aliphatic heterocycles. The molecule has 0 aliphatic carbocycles. The van der Waals surface area contributed by atoms with Crippen molar-refractivity contribution >= 4 is 59.7 Å². The summed E-state index contributed by atoms with van der Waals surface area (Å²) in [6, 6.07) is 3.60. The molecule has 8 heteroatoms. The van der Waals surface area contributed by atoms with Gasteiger partial charge in [-0.15, -0.1) is 0 Å². The van der Waals surface area contributed by atoms with Crippen molar-refractivity contribution in [3.05, 3.63) is 37.3 Å². The third kappa shape index (κ3) is 3.42. The molecule has 0 fully saturated rings. The van der Waals surface area contributed by atoms with Crippen LogP contribution in [0.4, 0.5) is 0 Å². The van der Waals surface area contributed by atoms with Gasteiger partial charge in [0.1, 0.15) is 5.82 Å². The van der Waals surface area contributed by atoms with Crippen LogP contribution in [0, 0.1) is 5.41 Å². The van der Waals surface area contributed by atoms with E-state index in [4.69, 9.17) is 5.41 Å². The van der Waals surface area contributed by atoms with Crippen LogP contribution in [0.15, 0.2) is 25.9 Å². The highest BCUT2D eigenvalue weighted by atomic mass is 79.9. The molecule has 0 bridgehead atoms. The Morgan fingerprint density at radius 2 is 2.15 bits per heavy atom. The summed E-state index contributed by atoms with van der Waals surface area (Å²) in [5.74, 6) is 1.01. The first-order chi connectivity index (χ1) is 9.38. The molecule has 1 heterocycles. The Bertz CT molecular complexity index is 729. The number of rotatable bonds is 2. The molecule has 0 saturated heterocycles. The molecule has 2 rings (SSSR count). The van der Waals surface area contributed by atoms with Crippen molar-refractivity contribution in [1.82, 2.24) is 14.9 Å². The number of fused-ring (bicyclic) bond motifs is 1. The molecule has 20 heavy (non-hydrogen) atoms. The molecular formula is C12H12Br2N4OS. The zero-order valence-corrected chi connectivity index (χ0v) is 14.8. The Kier molecular flexibility index (Phi) is 4.87. The first-order valence-corrected chi connectivity index (χ1v) is 8.22. The molecule has 106 valence electrons. The van der Waals surface area contributed by atoms with Crippen molar-refractivity contribution < 1.29 is 0 Å². The minimum absolute atomic E-state index is 0.177. The second-order valence-corrected chi connectivity index (χ2v) is 7.02. The van der Waals surface area contributed by atoms with Crippen LogP contribution in [-0.4, -0.2) is 34.1 Å². The predicted octanol–water partition coefficient (Wildman–Crippen LogP) is 3.18. The molecule has 0 unspecified atom stereocenters. The molecule has 0 spiro atoms. The summed E-state index contributed by atoms with van der Waals surface area (Å²) < 4.78 is 1.59. The van der Waals surface area contributed by atoms with E-state index in [1.54, 1.807) is 25.1 Å². The normalized spacial score (nSPS) is 10.8. The molecule has 1 aromatic heterocycles. The van der Waals surface area contributed by atoms with Crippen LogP contribution in [0.1, 0.15) is 5.82 Å². The quantitative estimate of drug-likeness (QED) is 0.579. The van der Waals surface area contributed by atoms with E-state index in [9.17, 15) is 4.79 Å². The first kappa shape index (κ1) is 15.5. The number of aromatic amines is 1. The third-order valence-corrected chi connectivity index (χ3v) is 4.65. The van der Waals surface area contributed by atoms with Gasteiger partial charge in [0.25, 0.3) is 5.56 Å². The fourth-order valence-electron chi connectivity index (χ4n) is 1.55. The van der Waals surface area contributed by atoms with Gasteiger partial charge < -0.3 is 9.88 Å². The zero-order valence-electron chi connectivity index (χ0n) is 10.8. The molecule has 0 saturated carbocycles. The van der Waals surface area contributed by atoms with Gasteiger partial charge in [-0.1, -0.05) is 27.7 Å². The number of H-pyrrole nitrogens is 1. The number of nitrogens with zero attached hydrogens (tertiary/aromatic N) is 2. The van der Waals surface area contributed by atoms with Crippen molar-refractivity contribution in [3.63, 3.8) is 0 Å². The van der Waals surface area contributed by atoms with Crippen LogP contribution < -0.4 is 5.56 Å². The largest absolute Gasteiger partial charge is 0.358 e. The van der Waals surface area contributed by atoms with Gasteiger partial charge in [0.05, 0.1) is 16.7 Å². The maximum atomic E-state index is 12.1. The van der Waals surface area contributed by atoms with E-state index in [0.717, 1.165) is 8.95 Å². The number of nitrogens with one attached hydrogen (secondary N) is 2. The van der Waals surface area contributed by atoms with Gasteiger partial charge in [-0.2, -0.15) is 0 Å². The monoisotopic (exact) mass is 418 g/mol. The molecule has 0 amide bonds. The summed E-state index contributed by atoms with van der Waals surface area (Å²) in [6.07, 6.45) is 0. The highest BCUT2D eigenvalue weighted by Gasteiger charge is 2.10. The van der Waals surface area contributed by atoms with Crippen LogP contribution >= 0.6 is 43.6 Å². The fraction of sp³-hybridized carbons (Fsp3) is 0.250. The molecular weight excluding hydrogens is 408 g/mol. The summed E-state index contributed by atoms with van der Waals surface area (Å²) in [4.78, 5) is 21.0. The highest BCUT2D eigenvalue weighted by molar-refractivity contribution is 9.11. The molecule has 2 aromatic rings. The van der Waals surface area contributed by atoms with Gasteiger partial charge in [0, 0.05) is 23.0 Å². The molecule has 1 aromatic carbocycles. The van der Waals surface area contributed by atoms with E-state index < -0.39 is 0 Å². The Hall–Kier alpha value is -0.860. The summed E-state index contributed by atoms with van der Waals surface area (Å²) in [6.45, 7) is 0. The van der Waals surface area contributed by atoms with Gasteiger partial charge >= 0.3 is 0 Å². The average molecular weight is 420 g/mol. The Labute approximate surface area is 136 Å². The van der Waals surface area contributed by atoms with Crippen LogP contribution in [0.3, 0.4) is 0 Å². The Morgan fingerprint density at radius 3 is 2.80 bits per heavy atom. The van der Waals surface area contributed by atoms with Gasteiger partial charge in [-0.3, -0.25) is 10.2 Å². The number of benzene rings is 1. The van der Waals surface area contributed by atoms with Crippen molar-refractivity contribution in [2.24, 2.45) is 0 Å². The number of hydrogen-bond donors (Lipinski definition) is 2. The van der Waals surface area contributed by atoms with Crippen molar-refractivity contribution in [1.29, 1.82) is 5.41 Å². The van der Waals surface area contributed by atoms with Gasteiger partial charge in [-0.05, 0) is 28.1 Å². The van der Waals surface area contributed by atoms with E-state index in [0.29, 0.717) is 27.6 Å². The minimum Gasteiger partial charge on any atom is -0.358 e. The van der Waals surface area contributed by atoms with Gasteiger partial charge in [0.15, 0.2) is 5.17 Å². The summed E-state index contributed by atoms with van der Waals surface area (Å²) in [5.41, 5.74) is 0.452. The van der Waals surface area contributed by atoms with Gasteiger partial charge in [0.2, 0.25) is 0 Å². The van der Waals surface area contributed by atoms with E-state index in [1.807, 2.05) is 6.07 Å². The standard InChI is InChI=1S/C12H12Br2N4OS/c1-18(2)12(15)20-5-9-16-10-7(11(19)17-9)3-6(13)4-8(10)14/h3-4,15H,5H2,1-2H3,(H,16,17,19). The second kappa shape index (κ2) is 6.28. The number of amidine groups is 1. The first-order valence-electron chi connectivity index (χ1n) is 5.65. The smallest absolute Gasteiger partial charge is 0.258 e. The maximum Gasteiger partial charge on any atom is 0.258 e. The molecule has 0 aliphatic rings. The Morgan fingerprint density at radius 1 is 1.45 bits per heavy atom. The molecule has 5 nitrogen and oxygen atoms in total. The third-order valence-electron chi connectivity index (χ3n) is 2.53. The number of hydrogen-bond acceptors (Lipinski definition) is 4.